The van der Waals surface area contributed by atoms with E-state index in [0.717, 1.165) is 0 Å². The van der Waals surface area contributed by atoms with Crippen LogP contribution in [-0.4, -0.2) is 23.9 Å². The summed E-state index contributed by atoms with van der Waals surface area (Å²) in [5.41, 5.74) is 0. The quantitative estimate of drug-likeness (QED) is 0.512. The van der Waals surface area contributed by atoms with Gasteiger partial charge in [-0.3, -0.25) is 4.79 Å². The minimum Gasteiger partial charge on any atom is -0.337 e. The molecule has 2 aliphatic heterocycles. The van der Waals surface area contributed by atoms with Crippen LogP contribution in [0.1, 0.15) is 0 Å². The second-order valence-corrected chi connectivity index (χ2v) is 3.66. The van der Waals surface area contributed by atoms with E-state index in [1.807, 2.05) is 6.08 Å². The van der Waals surface area contributed by atoms with Crippen molar-refractivity contribution >= 4 is 5.91 Å². The molecule has 1 amide bonds. The molecule has 0 aromatic rings. The highest BCUT2D eigenvalue weighted by Gasteiger charge is 2.48. The summed E-state index contributed by atoms with van der Waals surface area (Å²) in [7, 11) is 1.68. The second-order valence-electron chi connectivity index (χ2n) is 3.66. The summed E-state index contributed by atoms with van der Waals surface area (Å²) in [6.07, 6.45) is 3.61. The second kappa shape index (κ2) is 2.85. The Morgan fingerprint density at radius 2 is 1.93 bits per heavy atom. The molecular weight excluding hydrogens is 178 g/mol. The fourth-order valence-corrected chi connectivity index (χ4v) is 2.21. The van der Waals surface area contributed by atoms with Crippen LogP contribution in [0.15, 0.2) is 12.2 Å². The normalized spacial score (nSPS) is 39.4. The predicted molar refractivity (Wildman–Crippen MR) is 47.4 cm³/mol. The lowest BCUT2D eigenvalue weighted by Crippen LogP contribution is -2.56. The Hall–Kier alpha value is -1.81. The van der Waals surface area contributed by atoms with Gasteiger partial charge in [0.2, 0.25) is 5.91 Å². The lowest BCUT2D eigenvalue weighted by Gasteiger charge is -2.44. The Morgan fingerprint density at radius 3 is 2.50 bits per heavy atom. The lowest BCUT2D eigenvalue weighted by atomic mass is 9.70. The first-order chi connectivity index (χ1) is 6.70. The summed E-state index contributed by atoms with van der Waals surface area (Å²) in [4.78, 5) is 13.2. The molecule has 1 fully saturated rings. The van der Waals surface area contributed by atoms with Crippen LogP contribution in [0, 0.1) is 40.4 Å². The fraction of sp³-hybridized carbons (Fsp3) is 0.500. The Morgan fingerprint density at radius 1 is 1.29 bits per heavy atom. The zero-order valence-electron chi connectivity index (χ0n) is 7.71. The van der Waals surface area contributed by atoms with Crippen LogP contribution in [0.5, 0.6) is 0 Å². The number of fused-ring (bicyclic) bond motifs is 2. The number of nitrogens with zero attached hydrogens (tertiary/aromatic N) is 3. The van der Waals surface area contributed by atoms with Crippen molar-refractivity contribution in [1.82, 2.24) is 4.90 Å². The molecule has 0 saturated carbocycles. The summed E-state index contributed by atoms with van der Waals surface area (Å²) >= 11 is 0. The molecule has 1 saturated heterocycles. The van der Waals surface area contributed by atoms with E-state index < -0.39 is 11.8 Å². The van der Waals surface area contributed by atoms with Gasteiger partial charge in [-0.1, -0.05) is 12.2 Å². The van der Waals surface area contributed by atoms with E-state index in [1.54, 1.807) is 18.0 Å². The predicted octanol–water partition coefficient (Wildman–Crippen LogP) is 0.293. The minimum atomic E-state index is -0.473. The van der Waals surface area contributed by atoms with Crippen molar-refractivity contribution in [2.45, 2.75) is 6.04 Å². The zero-order valence-corrected chi connectivity index (χ0v) is 7.71. The van der Waals surface area contributed by atoms with Crippen LogP contribution in [0.3, 0.4) is 0 Å². The van der Waals surface area contributed by atoms with Gasteiger partial charge in [-0.05, 0) is 0 Å². The molecule has 0 radical (unpaired) electrons. The van der Waals surface area contributed by atoms with Crippen molar-refractivity contribution in [3.05, 3.63) is 12.2 Å². The number of piperidine rings is 1. The van der Waals surface area contributed by atoms with E-state index in [4.69, 9.17) is 10.5 Å². The number of rotatable bonds is 0. The number of carbonyl (C=O) groups excluding carboxylic acids is 1. The molecule has 1 aliphatic carbocycles. The van der Waals surface area contributed by atoms with Crippen LogP contribution in [-0.2, 0) is 4.79 Å². The Bertz CT molecular complexity index is 387. The van der Waals surface area contributed by atoms with Gasteiger partial charge in [0.05, 0.1) is 35.9 Å². The molecule has 3 aliphatic rings. The van der Waals surface area contributed by atoms with Crippen LogP contribution >= 0.6 is 0 Å². The topological polar surface area (TPSA) is 67.9 Å². The van der Waals surface area contributed by atoms with Gasteiger partial charge < -0.3 is 4.90 Å². The summed E-state index contributed by atoms with van der Waals surface area (Å²) in [5, 5.41) is 17.9. The monoisotopic (exact) mass is 187 g/mol. The SMILES string of the molecule is CN1C(=O)[C@@H]2C=C[C@H]1[C@H](C#N)[C@H]2C#N. The van der Waals surface area contributed by atoms with E-state index in [2.05, 4.69) is 12.1 Å². The van der Waals surface area contributed by atoms with Gasteiger partial charge in [0.1, 0.15) is 0 Å². The van der Waals surface area contributed by atoms with Gasteiger partial charge in [-0.2, -0.15) is 10.5 Å². The van der Waals surface area contributed by atoms with Crippen molar-refractivity contribution in [2.24, 2.45) is 17.8 Å². The molecule has 2 bridgehead atoms. The van der Waals surface area contributed by atoms with E-state index in [1.165, 1.54) is 0 Å². The maximum Gasteiger partial charge on any atom is 0.231 e. The summed E-state index contributed by atoms with van der Waals surface area (Å²) in [6.45, 7) is 0. The third kappa shape index (κ3) is 0.885. The van der Waals surface area contributed by atoms with Crippen LogP contribution in [0.2, 0.25) is 0 Å². The van der Waals surface area contributed by atoms with E-state index in [0.29, 0.717) is 0 Å². The molecule has 4 atom stereocenters. The van der Waals surface area contributed by atoms with Crippen LogP contribution < -0.4 is 0 Å². The van der Waals surface area contributed by atoms with Crippen LogP contribution in [0.25, 0.3) is 0 Å². The third-order valence-corrected chi connectivity index (χ3v) is 3.04. The van der Waals surface area contributed by atoms with Gasteiger partial charge in [0.25, 0.3) is 0 Å². The number of likely N-dealkylation sites (N-methyl/N-ethyl adjacent to an activating group) is 1. The largest absolute Gasteiger partial charge is 0.337 e. The third-order valence-electron chi connectivity index (χ3n) is 3.04. The molecule has 2 heterocycles. The molecule has 4 heteroatoms. The van der Waals surface area contributed by atoms with Gasteiger partial charge in [-0.25, -0.2) is 0 Å². The highest BCUT2D eigenvalue weighted by atomic mass is 16.2. The smallest absolute Gasteiger partial charge is 0.231 e. The summed E-state index contributed by atoms with van der Waals surface area (Å²) < 4.78 is 0. The molecule has 0 aromatic heterocycles. The van der Waals surface area contributed by atoms with Crippen molar-refractivity contribution < 1.29 is 4.79 Å². The van der Waals surface area contributed by atoms with E-state index in [-0.39, 0.29) is 17.9 Å². The standard InChI is InChI=1S/C10H9N3O/c1-13-9-3-2-6(10(13)14)7(4-11)8(9)5-12/h2-3,6-9H,1H3/t6-,7+,8-,9+/m1/s1. The number of hydrogen-bond donors (Lipinski definition) is 0. The molecule has 0 spiro atoms. The van der Waals surface area contributed by atoms with Crippen molar-refractivity contribution in [3.63, 3.8) is 0 Å². The molecule has 70 valence electrons. The Labute approximate surface area is 82.0 Å². The molecular formula is C10H9N3O. The summed E-state index contributed by atoms with van der Waals surface area (Å²) in [5.74, 6) is -1.31. The van der Waals surface area contributed by atoms with E-state index >= 15 is 0 Å². The number of carbonyl (C=O) groups is 1. The summed E-state index contributed by atoms with van der Waals surface area (Å²) in [6, 6.07) is 3.97. The number of amides is 1. The van der Waals surface area contributed by atoms with Crippen molar-refractivity contribution in [2.75, 3.05) is 7.05 Å². The minimum absolute atomic E-state index is 0.0458. The molecule has 0 unspecified atom stereocenters. The number of hydrogen-bond acceptors (Lipinski definition) is 3. The lowest BCUT2D eigenvalue weighted by molar-refractivity contribution is -0.141. The first-order valence-electron chi connectivity index (χ1n) is 4.45. The number of nitriles is 2. The Kier molecular flexibility index (Phi) is 1.79. The fourth-order valence-electron chi connectivity index (χ4n) is 2.21. The van der Waals surface area contributed by atoms with Gasteiger partial charge in [0, 0.05) is 7.05 Å². The molecule has 4 nitrogen and oxygen atoms in total. The molecule has 14 heavy (non-hydrogen) atoms. The Balaban J connectivity index is 2.45. The first-order valence-corrected chi connectivity index (χ1v) is 4.45. The maximum atomic E-state index is 11.6. The maximum absolute atomic E-state index is 11.6. The molecule has 0 N–H and O–H groups in total. The average molecular weight is 187 g/mol. The highest BCUT2D eigenvalue weighted by molar-refractivity contribution is 5.84. The average Bonchev–Trinajstić information content (AvgIpc) is 2.23. The van der Waals surface area contributed by atoms with E-state index in [9.17, 15) is 4.79 Å². The van der Waals surface area contributed by atoms with Crippen molar-refractivity contribution in [3.8, 4) is 12.1 Å². The van der Waals surface area contributed by atoms with Gasteiger partial charge in [0.15, 0.2) is 0 Å². The van der Waals surface area contributed by atoms with Crippen LogP contribution in [0.4, 0.5) is 0 Å². The molecule has 0 aromatic carbocycles. The van der Waals surface area contributed by atoms with Gasteiger partial charge in [-0.15, -0.1) is 0 Å². The zero-order chi connectivity index (χ0) is 10.3. The molecule has 3 rings (SSSR count). The highest BCUT2D eigenvalue weighted by Crippen LogP contribution is 2.38. The van der Waals surface area contributed by atoms with Crippen molar-refractivity contribution in [1.29, 1.82) is 10.5 Å². The first kappa shape index (κ1) is 8.77. The van der Waals surface area contributed by atoms with Gasteiger partial charge >= 0.3 is 0 Å².